The van der Waals surface area contributed by atoms with Crippen molar-refractivity contribution in [1.29, 1.82) is 0 Å². The van der Waals surface area contributed by atoms with Crippen molar-refractivity contribution in [2.24, 2.45) is 0 Å². The van der Waals surface area contributed by atoms with Crippen molar-refractivity contribution in [2.75, 3.05) is 0 Å². The molecular weight excluding hydrogens is 218 g/mol. The zero-order valence-corrected chi connectivity index (χ0v) is 8.18. The number of rotatable bonds is 2. The van der Waals surface area contributed by atoms with E-state index in [1.54, 1.807) is 6.92 Å². The monoisotopic (exact) mass is 225 g/mol. The second kappa shape index (κ2) is 3.29. The second-order valence-corrected chi connectivity index (χ2v) is 3.02. The van der Waals surface area contributed by atoms with Crippen LogP contribution >= 0.6 is 0 Å². The quantitative estimate of drug-likeness (QED) is 0.518. The van der Waals surface area contributed by atoms with Crippen molar-refractivity contribution in [3.8, 4) is 0 Å². The highest BCUT2D eigenvalue weighted by Crippen LogP contribution is 2.15. The summed E-state index contributed by atoms with van der Waals surface area (Å²) in [6, 6.07) is 0. The Morgan fingerprint density at radius 1 is 1.44 bits per heavy atom. The van der Waals surface area contributed by atoms with Crippen LogP contribution in [0.4, 0.5) is 5.95 Å². The number of imidazole rings is 1. The third-order valence-electron chi connectivity index (χ3n) is 2.10. The minimum Gasteiger partial charge on any atom is -0.390 e. The fraction of sp³-hybridized carbons (Fsp3) is 0.286. The Hall–Kier alpha value is -2.45. The first kappa shape index (κ1) is 10.1. The Bertz CT molecular complexity index is 678. The molecule has 0 fully saturated rings. The molecule has 9 heteroatoms. The number of nitro groups is 1. The first-order valence-corrected chi connectivity index (χ1v) is 4.41. The Morgan fingerprint density at radius 3 is 2.69 bits per heavy atom. The average Bonchev–Trinajstić information content (AvgIpc) is 2.56. The SMILES string of the molecule is CCn1c([N+](=O)[O-])nc2c(=O)[nH]c(=O)[nH]c21. The highest BCUT2D eigenvalue weighted by atomic mass is 16.6. The molecular formula is C7H7N5O4. The maximum atomic E-state index is 11.3. The fourth-order valence-corrected chi connectivity index (χ4v) is 1.47. The van der Waals surface area contributed by atoms with Crippen molar-refractivity contribution >= 4 is 17.1 Å². The summed E-state index contributed by atoms with van der Waals surface area (Å²) >= 11 is 0. The van der Waals surface area contributed by atoms with Crippen LogP contribution < -0.4 is 11.2 Å². The largest absolute Gasteiger partial charge is 0.437 e. The number of hydrogen-bond donors (Lipinski definition) is 2. The Balaban J connectivity index is 2.99. The van der Waals surface area contributed by atoms with Gasteiger partial charge in [0.1, 0.15) is 0 Å². The molecule has 0 aliphatic rings. The molecule has 2 heterocycles. The lowest BCUT2D eigenvalue weighted by Crippen LogP contribution is -2.22. The molecule has 0 saturated heterocycles. The standard InChI is InChI=1S/C7H7N5O4/c1-2-11-4-3(8-7(11)12(15)16)5(13)10-6(14)9-4/h2H2,1H3,(H2,9,10,13,14). The predicted octanol–water partition coefficient (Wildman–Crippen LogP) is -0.659. The van der Waals surface area contributed by atoms with Gasteiger partial charge >= 0.3 is 11.6 Å². The van der Waals surface area contributed by atoms with Crippen LogP contribution in [0.25, 0.3) is 11.2 Å². The summed E-state index contributed by atoms with van der Waals surface area (Å²) in [5, 5.41) is 10.7. The molecule has 0 unspecified atom stereocenters. The number of nitrogens with zero attached hydrogens (tertiary/aromatic N) is 3. The lowest BCUT2D eigenvalue weighted by atomic mass is 10.5. The first-order chi connectivity index (χ1) is 7.54. The summed E-state index contributed by atoms with van der Waals surface area (Å²) in [6.07, 6.45) is 0. The summed E-state index contributed by atoms with van der Waals surface area (Å²) in [7, 11) is 0. The van der Waals surface area contributed by atoms with Crippen LogP contribution in [-0.2, 0) is 6.54 Å². The molecule has 0 spiro atoms. The zero-order chi connectivity index (χ0) is 11.9. The molecule has 9 nitrogen and oxygen atoms in total. The maximum absolute atomic E-state index is 11.3. The summed E-state index contributed by atoms with van der Waals surface area (Å²) in [6.45, 7) is 1.87. The van der Waals surface area contributed by atoms with E-state index in [1.165, 1.54) is 0 Å². The van der Waals surface area contributed by atoms with E-state index in [-0.39, 0.29) is 17.7 Å². The highest BCUT2D eigenvalue weighted by Gasteiger charge is 2.23. The van der Waals surface area contributed by atoms with Gasteiger partial charge in [0.25, 0.3) is 11.1 Å². The van der Waals surface area contributed by atoms with Crippen molar-refractivity contribution < 1.29 is 4.92 Å². The van der Waals surface area contributed by atoms with E-state index in [0.717, 1.165) is 4.57 Å². The Morgan fingerprint density at radius 2 is 2.12 bits per heavy atom. The molecule has 2 aromatic heterocycles. The minimum absolute atomic E-state index is 0.0583. The fourth-order valence-electron chi connectivity index (χ4n) is 1.47. The van der Waals surface area contributed by atoms with E-state index in [2.05, 4.69) is 9.97 Å². The van der Waals surface area contributed by atoms with Gasteiger partial charge in [0, 0.05) is 0 Å². The molecule has 2 aromatic rings. The van der Waals surface area contributed by atoms with Crippen LogP contribution in [0.3, 0.4) is 0 Å². The number of aromatic amines is 2. The van der Waals surface area contributed by atoms with Gasteiger partial charge in [-0.15, -0.1) is 0 Å². The Labute approximate surface area is 86.9 Å². The first-order valence-electron chi connectivity index (χ1n) is 4.41. The van der Waals surface area contributed by atoms with Crippen LogP contribution in [0.15, 0.2) is 9.59 Å². The van der Waals surface area contributed by atoms with Crippen molar-refractivity contribution in [1.82, 2.24) is 19.5 Å². The number of fused-ring (bicyclic) bond motifs is 1. The minimum atomic E-state index is -0.742. The van der Waals surface area contributed by atoms with Crippen molar-refractivity contribution in [3.63, 3.8) is 0 Å². The third kappa shape index (κ3) is 1.29. The van der Waals surface area contributed by atoms with Crippen LogP contribution in [-0.4, -0.2) is 24.4 Å². The average molecular weight is 225 g/mol. The van der Waals surface area contributed by atoms with Gasteiger partial charge in [0.15, 0.2) is 0 Å². The van der Waals surface area contributed by atoms with E-state index < -0.39 is 22.1 Å². The van der Waals surface area contributed by atoms with Gasteiger partial charge in [-0.1, -0.05) is 4.98 Å². The molecule has 0 aliphatic heterocycles. The zero-order valence-electron chi connectivity index (χ0n) is 8.18. The van der Waals surface area contributed by atoms with Gasteiger partial charge in [-0.25, -0.2) is 9.36 Å². The van der Waals surface area contributed by atoms with E-state index in [1.807, 2.05) is 4.98 Å². The second-order valence-electron chi connectivity index (χ2n) is 3.02. The molecule has 0 atom stereocenters. The lowest BCUT2D eigenvalue weighted by Gasteiger charge is -1.96. The van der Waals surface area contributed by atoms with Gasteiger partial charge in [0.2, 0.25) is 5.65 Å². The lowest BCUT2D eigenvalue weighted by molar-refractivity contribution is -0.396. The molecule has 0 saturated carbocycles. The topological polar surface area (TPSA) is 127 Å². The molecule has 0 amide bonds. The summed E-state index contributed by atoms with van der Waals surface area (Å²) in [5.41, 5.74) is -1.55. The number of H-pyrrole nitrogens is 2. The third-order valence-corrected chi connectivity index (χ3v) is 2.10. The van der Waals surface area contributed by atoms with E-state index >= 15 is 0 Å². The van der Waals surface area contributed by atoms with E-state index in [9.17, 15) is 19.7 Å². The molecule has 0 aliphatic carbocycles. The van der Waals surface area contributed by atoms with Crippen molar-refractivity contribution in [2.45, 2.75) is 13.5 Å². The number of aromatic nitrogens is 4. The van der Waals surface area contributed by atoms with E-state index in [4.69, 9.17) is 0 Å². The molecule has 0 bridgehead atoms. The molecule has 2 N–H and O–H groups in total. The number of hydrogen-bond acceptors (Lipinski definition) is 5. The molecule has 0 radical (unpaired) electrons. The number of nitrogens with one attached hydrogen (secondary N) is 2. The Kier molecular flexibility index (Phi) is 2.07. The normalized spacial score (nSPS) is 10.8. The molecule has 16 heavy (non-hydrogen) atoms. The number of aryl methyl sites for hydroxylation is 1. The molecule has 2 rings (SSSR count). The van der Waals surface area contributed by atoms with Gasteiger partial charge in [-0.05, 0) is 11.8 Å². The summed E-state index contributed by atoms with van der Waals surface area (Å²) in [4.78, 5) is 40.2. The van der Waals surface area contributed by atoms with Gasteiger partial charge in [-0.2, -0.15) is 0 Å². The predicted molar refractivity (Wildman–Crippen MR) is 53.3 cm³/mol. The van der Waals surface area contributed by atoms with Crippen LogP contribution in [0, 0.1) is 10.1 Å². The summed E-state index contributed by atoms with van der Waals surface area (Å²) < 4.78 is 1.16. The van der Waals surface area contributed by atoms with Crippen molar-refractivity contribution in [3.05, 3.63) is 31.0 Å². The van der Waals surface area contributed by atoms with Crippen LogP contribution in [0.2, 0.25) is 0 Å². The smallest absolute Gasteiger partial charge is 0.390 e. The molecule has 0 aromatic carbocycles. The van der Waals surface area contributed by atoms with Gasteiger partial charge < -0.3 is 10.1 Å². The summed E-state index contributed by atoms with van der Waals surface area (Å²) in [5.74, 6) is -0.468. The van der Waals surface area contributed by atoms with E-state index in [0.29, 0.717) is 0 Å². The van der Waals surface area contributed by atoms with Crippen LogP contribution in [0.1, 0.15) is 6.92 Å². The maximum Gasteiger partial charge on any atom is 0.437 e. The highest BCUT2D eigenvalue weighted by molar-refractivity contribution is 5.71. The van der Waals surface area contributed by atoms with Gasteiger partial charge in [-0.3, -0.25) is 14.8 Å². The van der Waals surface area contributed by atoms with Crippen LogP contribution in [0.5, 0.6) is 0 Å². The molecule has 84 valence electrons. The van der Waals surface area contributed by atoms with Gasteiger partial charge in [0.05, 0.1) is 6.54 Å².